The molecule has 0 aromatic heterocycles. The topological polar surface area (TPSA) is 26.0 Å². The van der Waals surface area contributed by atoms with Gasteiger partial charge in [-0.15, -0.1) is 0 Å². The molecule has 0 radical (unpaired) electrons. The molecule has 0 aliphatic heterocycles. The molecule has 1 heteroatoms. The van der Waals surface area contributed by atoms with E-state index in [1.165, 1.54) is 18.4 Å². The summed E-state index contributed by atoms with van der Waals surface area (Å²) in [5.74, 6) is 1.32. The lowest BCUT2D eigenvalue weighted by Crippen LogP contribution is -2.27. The normalized spacial score (nSPS) is 20.3. The lowest BCUT2D eigenvalue weighted by atomic mass is 9.76. The van der Waals surface area contributed by atoms with E-state index in [4.69, 9.17) is 5.73 Å². The van der Waals surface area contributed by atoms with Gasteiger partial charge in [-0.25, -0.2) is 0 Å². The zero-order chi connectivity index (χ0) is 10.9. The number of nitrogens with two attached hydrogens (primary N) is 1. The van der Waals surface area contributed by atoms with Crippen molar-refractivity contribution in [3.8, 4) is 0 Å². The van der Waals surface area contributed by atoms with Gasteiger partial charge < -0.3 is 5.73 Å². The number of hydrogen-bond donors (Lipinski definition) is 1. The quantitative estimate of drug-likeness (QED) is 0.799. The van der Waals surface area contributed by atoms with Crippen molar-refractivity contribution in [3.05, 3.63) is 35.9 Å². The molecule has 2 N–H and O–H groups in total. The molecule has 0 amide bonds. The van der Waals surface area contributed by atoms with Crippen LogP contribution in [0.1, 0.15) is 38.2 Å². The third-order valence-corrected chi connectivity index (χ3v) is 3.78. The minimum atomic E-state index is 0.412. The smallest absolute Gasteiger partial charge is 0.00146 e. The van der Waals surface area contributed by atoms with Crippen LogP contribution in [0.25, 0.3) is 0 Å². The van der Waals surface area contributed by atoms with E-state index in [2.05, 4.69) is 44.2 Å². The standard InChI is InChI=1S/C14H21N/c1-11(2)13(14(10-15)8-9-14)12-6-4-3-5-7-12/h3-7,11,13H,8-10,15H2,1-2H3. The van der Waals surface area contributed by atoms with Crippen molar-refractivity contribution in [2.45, 2.75) is 32.6 Å². The Kier molecular flexibility index (Phi) is 2.83. The van der Waals surface area contributed by atoms with E-state index in [0.717, 1.165) is 6.54 Å². The summed E-state index contributed by atoms with van der Waals surface area (Å²) in [5, 5.41) is 0. The monoisotopic (exact) mass is 203 g/mol. The Morgan fingerprint density at radius 3 is 2.20 bits per heavy atom. The minimum absolute atomic E-state index is 0.412. The van der Waals surface area contributed by atoms with Gasteiger partial charge in [0.25, 0.3) is 0 Å². The van der Waals surface area contributed by atoms with Crippen molar-refractivity contribution in [1.29, 1.82) is 0 Å². The molecular formula is C14H21N. The summed E-state index contributed by atoms with van der Waals surface area (Å²) in [6.45, 7) is 5.46. The van der Waals surface area contributed by atoms with Crippen LogP contribution in [0.4, 0.5) is 0 Å². The third-order valence-electron chi connectivity index (χ3n) is 3.78. The highest BCUT2D eigenvalue weighted by Gasteiger charge is 2.49. The van der Waals surface area contributed by atoms with Crippen LogP contribution in [0.2, 0.25) is 0 Å². The minimum Gasteiger partial charge on any atom is -0.330 e. The van der Waals surface area contributed by atoms with Crippen LogP contribution >= 0.6 is 0 Å². The molecule has 1 unspecified atom stereocenters. The van der Waals surface area contributed by atoms with Gasteiger partial charge in [0.1, 0.15) is 0 Å². The Hall–Kier alpha value is -0.820. The van der Waals surface area contributed by atoms with Gasteiger partial charge in [0, 0.05) is 0 Å². The highest BCUT2D eigenvalue weighted by Crippen LogP contribution is 2.57. The second-order valence-corrected chi connectivity index (χ2v) is 5.20. The molecule has 82 valence electrons. The van der Waals surface area contributed by atoms with Gasteiger partial charge in [0.2, 0.25) is 0 Å². The van der Waals surface area contributed by atoms with Gasteiger partial charge in [-0.05, 0) is 42.2 Å². The van der Waals surface area contributed by atoms with Gasteiger partial charge in [-0.3, -0.25) is 0 Å². The SMILES string of the molecule is CC(C)C(c1ccccc1)C1(CN)CC1. The molecule has 0 saturated heterocycles. The van der Waals surface area contributed by atoms with Gasteiger partial charge in [-0.2, -0.15) is 0 Å². The molecule has 1 aromatic carbocycles. The van der Waals surface area contributed by atoms with Crippen molar-refractivity contribution in [2.24, 2.45) is 17.1 Å². The maximum atomic E-state index is 5.94. The van der Waals surface area contributed by atoms with Crippen molar-refractivity contribution >= 4 is 0 Å². The first-order valence-corrected chi connectivity index (χ1v) is 5.94. The largest absolute Gasteiger partial charge is 0.330 e. The molecule has 0 heterocycles. The zero-order valence-corrected chi connectivity index (χ0v) is 9.74. The van der Waals surface area contributed by atoms with Gasteiger partial charge in [0.05, 0.1) is 0 Å². The molecular weight excluding hydrogens is 182 g/mol. The molecule has 1 aliphatic carbocycles. The predicted octanol–water partition coefficient (Wildman–Crippen LogP) is 3.17. The van der Waals surface area contributed by atoms with Crippen LogP contribution in [0.3, 0.4) is 0 Å². The van der Waals surface area contributed by atoms with Crippen molar-refractivity contribution < 1.29 is 0 Å². The molecule has 1 aromatic rings. The van der Waals surface area contributed by atoms with Crippen LogP contribution in [-0.4, -0.2) is 6.54 Å². The first-order valence-electron chi connectivity index (χ1n) is 5.94. The second kappa shape index (κ2) is 3.97. The molecule has 15 heavy (non-hydrogen) atoms. The number of hydrogen-bond acceptors (Lipinski definition) is 1. The Morgan fingerprint density at radius 2 is 1.80 bits per heavy atom. The molecule has 1 nitrogen and oxygen atoms in total. The summed E-state index contributed by atoms with van der Waals surface area (Å²) in [5.41, 5.74) is 7.83. The first kappa shape index (κ1) is 10.7. The summed E-state index contributed by atoms with van der Waals surface area (Å²) in [7, 11) is 0. The fourth-order valence-corrected chi connectivity index (χ4v) is 2.91. The number of benzene rings is 1. The van der Waals surface area contributed by atoms with Gasteiger partial charge >= 0.3 is 0 Å². The van der Waals surface area contributed by atoms with E-state index in [1.807, 2.05) is 0 Å². The van der Waals surface area contributed by atoms with Crippen LogP contribution < -0.4 is 5.73 Å². The van der Waals surface area contributed by atoms with Crippen LogP contribution in [-0.2, 0) is 0 Å². The summed E-state index contributed by atoms with van der Waals surface area (Å²) in [6, 6.07) is 10.9. The van der Waals surface area contributed by atoms with E-state index in [0.29, 0.717) is 17.3 Å². The Morgan fingerprint density at radius 1 is 1.20 bits per heavy atom. The molecule has 2 rings (SSSR count). The molecule has 1 atom stereocenters. The Labute approximate surface area is 92.7 Å². The predicted molar refractivity (Wildman–Crippen MR) is 64.7 cm³/mol. The second-order valence-electron chi connectivity index (χ2n) is 5.20. The van der Waals surface area contributed by atoms with Crippen molar-refractivity contribution in [2.75, 3.05) is 6.54 Å². The Balaban J connectivity index is 2.29. The molecule has 1 saturated carbocycles. The average Bonchev–Trinajstić information content (AvgIpc) is 3.00. The lowest BCUT2D eigenvalue weighted by Gasteiger charge is -2.30. The van der Waals surface area contributed by atoms with Gasteiger partial charge in [-0.1, -0.05) is 44.2 Å². The van der Waals surface area contributed by atoms with E-state index in [-0.39, 0.29) is 0 Å². The first-order chi connectivity index (χ1) is 7.19. The maximum Gasteiger partial charge on any atom is -0.00146 e. The zero-order valence-electron chi connectivity index (χ0n) is 9.74. The summed E-state index contributed by atoms with van der Waals surface area (Å²) in [4.78, 5) is 0. The van der Waals surface area contributed by atoms with Crippen molar-refractivity contribution in [1.82, 2.24) is 0 Å². The third kappa shape index (κ3) is 1.93. The maximum absolute atomic E-state index is 5.94. The van der Waals surface area contributed by atoms with E-state index in [1.54, 1.807) is 0 Å². The number of rotatable bonds is 4. The summed E-state index contributed by atoms with van der Waals surface area (Å²) < 4.78 is 0. The van der Waals surface area contributed by atoms with E-state index >= 15 is 0 Å². The molecule has 0 spiro atoms. The summed E-state index contributed by atoms with van der Waals surface area (Å²) in [6.07, 6.45) is 2.61. The van der Waals surface area contributed by atoms with Crippen molar-refractivity contribution in [3.63, 3.8) is 0 Å². The Bertz CT molecular complexity index is 311. The van der Waals surface area contributed by atoms with E-state index < -0.39 is 0 Å². The van der Waals surface area contributed by atoms with Crippen LogP contribution in [0, 0.1) is 11.3 Å². The van der Waals surface area contributed by atoms with E-state index in [9.17, 15) is 0 Å². The highest BCUT2D eigenvalue weighted by atomic mass is 14.7. The van der Waals surface area contributed by atoms with Gasteiger partial charge in [0.15, 0.2) is 0 Å². The highest BCUT2D eigenvalue weighted by molar-refractivity contribution is 5.25. The fourth-order valence-electron chi connectivity index (χ4n) is 2.91. The molecule has 0 bridgehead atoms. The molecule has 1 fully saturated rings. The molecule has 1 aliphatic rings. The van der Waals surface area contributed by atoms with Crippen LogP contribution in [0.5, 0.6) is 0 Å². The summed E-state index contributed by atoms with van der Waals surface area (Å²) >= 11 is 0. The lowest BCUT2D eigenvalue weighted by molar-refractivity contribution is 0.326. The van der Waals surface area contributed by atoms with Crippen LogP contribution in [0.15, 0.2) is 30.3 Å². The fraction of sp³-hybridized carbons (Fsp3) is 0.571. The average molecular weight is 203 g/mol.